The summed E-state index contributed by atoms with van der Waals surface area (Å²) in [4.78, 5) is 2.56. The van der Waals surface area contributed by atoms with Crippen LogP contribution in [0.3, 0.4) is 0 Å². The van der Waals surface area contributed by atoms with Gasteiger partial charge in [-0.3, -0.25) is 4.90 Å². The predicted molar refractivity (Wildman–Crippen MR) is 63.5 cm³/mol. The topological polar surface area (TPSA) is 44.7 Å². The van der Waals surface area contributed by atoms with Gasteiger partial charge in [-0.2, -0.15) is 0 Å². The van der Waals surface area contributed by atoms with Gasteiger partial charge in [0.1, 0.15) is 0 Å². The minimum absolute atomic E-state index is 0.231. The highest BCUT2D eigenvalue weighted by atomic mass is 16.5. The number of morpholine rings is 1. The molecule has 1 saturated heterocycles. The molecule has 0 aromatic carbocycles. The zero-order valence-electron chi connectivity index (χ0n) is 10.2. The van der Waals surface area contributed by atoms with Crippen LogP contribution in [-0.4, -0.2) is 61.5 Å². The van der Waals surface area contributed by atoms with E-state index in [2.05, 4.69) is 10.2 Å². The summed E-state index contributed by atoms with van der Waals surface area (Å²) in [6, 6.07) is 0.882. The van der Waals surface area contributed by atoms with E-state index in [0.717, 1.165) is 26.1 Å². The van der Waals surface area contributed by atoms with Gasteiger partial charge in [0.15, 0.2) is 0 Å². The Kier molecular flexibility index (Phi) is 4.58. The third kappa shape index (κ3) is 2.74. The third-order valence-electron chi connectivity index (χ3n) is 3.99. The fraction of sp³-hybridized carbons (Fsp3) is 1.00. The molecule has 16 heavy (non-hydrogen) atoms. The first-order chi connectivity index (χ1) is 7.85. The average molecular weight is 228 g/mol. The van der Waals surface area contributed by atoms with Crippen LogP contribution >= 0.6 is 0 Å². The van der Waals surface area contributed by atoms with Crippen LogP contribution in [0.5, 0.6) is 0 Å². The van der Waals surface area contributed by atoms with Crippen molar-refractivity contribution >= 4 is 0 Å². The summed E-state index contributed by atoms with van der Waals surface area (Å²) in [6.45, 7) is 3.25. The molecule has 0 aromatic heterocycles. The van der Waals surface area contributed by atoms with E-state index in [1.165, 1.54) is 19.3 Å². The Labute approximate surface area is 98.0 Å². The third-order valence-corrected chi connectivity index (χ3v) is 3.99. The number of likely N-dealkylation sites (N-methyl/N-ethyl adjacent to an activating group) is 1. The Balaban J connectivity index is 1.79. The molecule has 94 valence electrons. The molecule has 1 aliphatic heterocycles. The Hall–Kier alpha value is -0.160. The second-order valence-corrected chi connectivity index (χ2v) is 4.90. The van der Waals surface area contributed by atoms with Crippen LogP contribution < -0.4 is 5.32 Å². The number of fused-ring (bicyclic) bond motifs is 1. The molecule has 0 spiro atoms. The molecule has 3 atom stereocenters. The summed E-state index contributed by atoms with van der Waals surface area (Å²) < 4.78 is 5.78. The zero-order valence-corrected chi connectivity index (χ0v) is 10.2. The molecule has 2 fully saturated rings. The van der Waals surface area contributed by atoms with Crippen molar-refractivity contribution in [3.63, 3.8) is 0 Å². The predicted octanol–water partition coefficient (Wildman–Crippen LogP) is 0.210. The first kappa shape index (κ1) is 12.3. The maximum atomic E-state index is 9.14. The number of rotatable bonds is 5. The van der Waals surface area contributed by atoms with Crippen molar-refractivity contribution in [3.05, 3.63) is 0 Å². The van der Waals surface area contributed by atoms with Crippen molar-refractivity contribution in [2.45, 2.75) is 43.9 Å². The van der Waals surface area contributed by atoms with Crippen molar-refractivity contribution < 1.29 is 9.84 Å². The van der Waals surface area contributed by atoms with Gasteiger partial charge in [0.25, 0.3) is 0 Å². The Bertz CT molecular complexity index is 209. The van der Waals surface area contributed by atoms with E-state index >= 15 is 0 Å². The summed E-state index contributed by atoms with van der Waals surface area (Å²) in [5, 5.41) is 12.3. The van der Waals surface area contributed by atoms with E-state index < -0.39 is 0 Å². The standard InChI is InChI=1S/C12H24N2O2/c1-13-10(9-15)5-6-14-7-8-16-12-4-2-3-11(12)14/h10-13,15H,2-9H2,1H3. The second kappa shape index (κ2) is 5.96. The Morgan fingerprint density at radius 2 is 2.38 bits per heavy atom. The number of aliphatic hydroxyl groups excluding tert-OH is 1. The highest BCUT2D eigenvalue weighted by Gasteiger charge is 2.35. The Morgan fingerprint density at radius 3 is 3.12 bits per heavy atom. The van der Waals surface area contributed by atoms with Crippen molar-refractivity contribution in [1.29, 1.82) is 0 Å². The number of aliphatic hydroxyl groups is 1. The molecule has 3 unspecified atom stereocenters. The lowest BCUT2D eigenvalue weighted by Gasteiger charge is -2.38. The molecule has 2 rings (SSSR count). The van der Waals surface area contributed by atoms with E-state index in [1.54, 1.807) is 0 Å². The van der Waals surface area contributed by atoms with Gasteiger partial charge in [0.2, 0.25) is 0 Å². The highest BCUT2D eigenvalue weighted by Crippen LogP contribution is 2.29. The molecule has 2 N–H and O–H groups in total. The van der Waals surface area contributed by atoms with Gasteiger partial charge in [0.05, 0.1) is 19.3 Å². The minimum Gasteiger partial charge on any atom is -0.395 e. The molecule has 0 amide bonds. The molecule has 2 aliphatic rings. The van der Waals surface area contributed by atoms with Crippen LogP contribution in [0.15, 0.2) is 0 Å². The molecule has 0 bridgehead atoms. The molecule has 1 heterocycles. The smallest absolute Gasteiger partial charge is 0.0730 e. The molecular weight excluding hydrogens is 204 g/mol. The van der Waals surface area contributed by atoms with Crippen LogP contribution in [0, 0.1) is 0 Å². The van der Waals surface area contributed by atoms with E-state index in [4.69, 9.17) is 9.84 Å². The van der Waals surface area contributed by atoms with Gasteiger partial charge < -0.3 is 15.2 Å². The number of ether oxygens (including phenoxy) is 1. The first-order valence-corrected chi connectivity index (χ1v) is 6.49. The maximum Gasteiger partial charge on any atom is 0.0730 e. The summed E-state index contributed by atoms with van der Waals surface area (Å²) in [5.41, 5.74) is 0. The average Bonchev–Trinajstić information content (AvgIpc) is 2.79. The first-order valence-electron chi connectivity index (χ1n) is 6.49. The van der Waals surface area contributed by atoms with E-state index in [-0.39, 0.29) is 12.6 Å². The quantitative estimate of drug-likeness (QED) is 0.706. The highest BCUT2D eigenvalue weighted by molar-refractivity contribution is 4.89. The molecule has 1 saturated carbocycles. The second-order valence-electron chi connectivity index (χ2n) is 4.90. The SMILES string of the molecule is CNC(CO)CCN1CCOC2CCCC21. The monoisotopic (exact) mass is 228 g/mol. The lowest BCUT2D eigenvalue weighted by atomic mass is 10.1. The molecular formula is C12H24N2O2. The van der Waals surface area contributed by atoms with Gasteiger partial charge in [-0.15, -0.1) is 0 Å². The lowest BCUT2D eigenvalue weighted by Crippen LogP contribution is -2.49. The number of nitrogens with zero attached hydrogens (tertiary/aromatic N) is 1. The van der Waals surface area contributed by atoms with Crippen molar-refractivity contribution in [2.24, 2.45) is 0 Å². The van der Waals surface area contributed by atoms with Crippen LogP contribution in [0.2, 0.25) is 0 Å². The van der Waals surface area contributed by atoms with Crippen molar-refractivity contribution in [1.82, 2.24) is 10.2 Å². The fourth-order valence-electron chi connectivity index (χ4n) is 2.93. The number of hydrogen-bond donors (Lipinski definition) is 2. The zero-order chi connectivity index (χ0) is 11.4. The van der Waals surface area contributed by atoms with Crippen molar-refractivity contribution in [2.75, 3.05) is 33.4 Å². The minimum atomic E-state index is 0.231. The molecule has 0 aromatic rings. The van der Waals surface area contributed by atoms with Gasteiger partial charge in [-0.1, -0.05) is 0 Å². The number of nitrogens with one attached hydrogen (secondary N) is 1. The van der Waals surface area contributed by atoms with Gasteiger partial charge >= 0.3 is 0 Å². The lowest BCUT2D eigenvalue weighted by molar-refractivity contribution is -0.0566. The molecule has 1 aliphatic carbocycles. The van der Waals surface area contributed by atoms with E-state index in [0.29, 0.717) is 12.1 Å². The summed E-state index contributed by atoms with van der Waals surface area (Å²) >= 11 is 0. The van der Waals surface area contributed by atoms with E-state index in [9.17, 15) is 0 Å². The largest absolute Gasteiger partial charge is 0.395 e. The van der Waals surface area contributed by atoms with Crippen LogP contribution in [0.4, 0.5) is 0 Å². The molecule has 4 heteroatoms. The number of hydrogen-bond acceptors (Lipinski definition) is 4. The molecule has 0 radical (unpaired) electrons. The van der Waals surface area contributed by atoms with Crippen molar-refractivity contribution in [3.8, 4) is 0 Å². The summed E-state index contributed by atoms with van der Waals surface area (Å²) in [7, 11) is 1.92. The molecule has 4 nitrogen and oxygen atoms in total. The van der Waals surface area contributed by atoms with Gasteiger partial charge in [-0.25, -0.2) is 0 Å². The maximum absolute atomic E-state index is 9.14. The fourth-order valence-corrected chi connectivity index (χ4v) is 2.93. The van der Waals surface area contributed by atoms with Gasteiger partial charge in [-0.05, 0) is 32.7 Å². The summed E-state index contributed by atoms with van der Waals surface area (Å²) in [5.74, 6) is 0. The normalized spacial score (nSPS) is 32.6. The van der Waals surface area contributed by atoms with Crippen LogP contribution in [0.1, 0.15) is 25.7 Å². The van der Waals surface area contributed by atoms with Gasteiger partial charge in [0, 0.05) is 25.2 Å². The van der Waals surface area contributed by atoms with Crippen LogP contribution in [-0.2, 0) is 4.74 Å². The Morgan fingerprint density at radius 1 is 1.50 bits per heavy atom. The van der Waals surface area contributed by atoms with E-state index in [1.807, 2.05) is 7.05 Å². The summed E-state index contributed by atoms with van der Waals surface area (Å²) in [6.07, 6.45) is 5.33. The van der Waals surface area contributed by atoms with Crippen LogP contribution in [0.25, 0.3) is 0 Å².